The quantitative estimate of drug-likeness (QED) is 0.937. The minimum atomic E-state index is 0. The summed E-state index contributed by atoms with van der Waals surface area (Å²) in [5.74, 6) is 2.14. The lowest BCUT2D eigenvalue weighted by atomic mass is 9.97. The van der Waals surface area contributed by atoms with Gasteiger partial charge in [-0.3, -0.25) is 0 Å². The zero-order valence-corrected chi connectivity index (χ0v) is 13.7. The first kappa shape index (κ1) is 16.8. The summed E-state index contributed by atoms with van der Waals surface area (Å²) < 4.78 is 5.71. The van der Waals surface area contributed by atoms with Gasteiger partial charge in [-0.1, -0.05) is 12.1 Å². The summed E-state index contributed by atoms with van der Waals surface area (Å²) in [5.41, 5.74) is 7.56. The number of aromatic nitrogens is 2. The average Bonchev–Trinajstić information content (AvgIpc) is 2.55. The van der Waals surface area contributed by atoms with Gasteiger partial charge in [-0.05, 0) is 44.4 Å². The smallest absolute Gasteiger partial charge is 0.258 e. The van der Waals surface area contributed by atoms with Crippen LogP contribution in [0.15, 0.2) is 24.3 Å². The third-order valence-corrected chi connectivity index (χ3v) is 4.05. The lowest BCUT2D eigenvalue weighted by molar-refractivity contribution is 0.324. The van der Waals surface area contributed by atoms with Gasteiger partial charge in [0.25, 0.3) is 5.88 Å². The third kappa shape index (κ3) is 3.42. The highest BCUT2D eigenvalue weighted by atomic mass is 35.5. The van der Waals surface area contributed by atoms with Crippen LogP contribution in [0.4, 0.5) is 5.82 Å². The van der Waals surface area contributed by atoms with Crippen molar-refractivity contribution in [2.75, 3.05) is 31.1 Å². The average molecular weight is 323 g/mol. The number of benzene rings is 1. The molecule has 0 spiro atoms. The number of fused-ring (bicyclic) bond motifs is 1. The Morgan fingerprint density at radius 1 is 1.18 bits per heavy atom. The van der Waals surface area contributed by atoms with Crippen molar-refractivity contribution in [1.82, 2.24) is 9.97 Å². The number of piperidine rings is 1. The number of para-hydroxylation sites is 2. The molecule has 1 fully saturated rings. The Balaban J connectivity index is 0.00000176. The van der Waals surface area contributed by atoms with Gasteiger partial charge in [0, 0.05) is 13.1 Å². The van der Waals surface area contributed by atoms with E-state index in [-0.39, 0.29) is 12.4 Å². The predicted octanol–water partition coefficient (Wildman–Crippen LogP) is 2.63. The molecule has 0 aliphatic carbocycles. The number of hydrogen-bond donors (Lipinski definition) is 1. The highest BCUT2D eigenvalue weighted by Crippen LogP contribution is 2.30. The lowest BCUT2D eigenvalue weighted by Gasteiger charge is -2.32. The van der Waals surface area contributed by atoms with Gasteiger partial charge in [0.15, 0.2) is 5.82 Å². The molecule has 0 radical (unpaired) electrons. The Hall–Kier alpha value is -1.59. The largest absolute Gasteiger partial charge is 0.475 e. The van der Waals surface area contributed by atoms with Crippen molar-refractivity contribution >= 4 is 29.3 Å². The number of ether oxygens (including phenoxy) is 1. The van der Waals surface area contributed by atoms with Gasteiger partial charge < -0.3 is 15.4 Å². The van der Waals surface area contributed by atoms with Gasteiger partial charge in [-0.2, -0.15) is 0 Å². The molecule has 2 heterocycles. The summed E-state index contributed by atoms with van der Waals surface area (Å²) in [6.45, 7) is 5.28. The van der Waals surface area contributed by atoms with E-state index in [1.807, 2.05) is 31.2 Å². The van der Waals surface area contributed by atoms with Gasteiger partial charge >= 0.3 is 0 Å². The fourth-order valence-corrected chi connectivity index (χ4v) is 2.79. The molecule has 1 saturated heterocycles. The summed E-state index contributed by atoms with van der Waals surface area (Å²) in [5, 5.41) is 0. The second-order valence-corrected chi connectivity index (χ2v) is 5.44. The molecule has 120 valence electrons. The van der Waals surface area contributed by atoms with Crippen LogP contribution in [0.25, 0.3) is 11.0 Å². The molecule has 5 nitrogen and oxygen atoms in total. The zero-order valence-electron chi connectivity index (χ0n) is 12.9. The highest BCUT2D eigenvalue weighted by Gasteiger charge is 2.23. The van der Waals surface area contributed by atoms with E-state index < -0.39 is 0 Å². The normalized spacial score (nSPS) is 15.6. The Morgan fingerprint density at radius 3 is 2.41 bits per heavy atom. The van der Waals surface area contributed by atoms with Crippen LogP contribution in [0.2, 0.25) is 0 Å². The standard InChI is InChI=1S/C16H22N4O.ClH/c1-2-21-16-15(20-9-7-12(11-17)8-10-20)18-13-5-3-4-6-14(13)19-16;/h3-6,12H,2,7-11,17H2,1H3;1H. The molecule has 0 saturated carbocycles. The topological polar surface area (TPSA) is 64.3 Å². The summed E-state index contributed by atoms with van der Waals surface area (Å²) in [4.78, 5) is 11.7. The van der Waals surface area contributed by atoms with Gasteiger partial charge in [0.1, 0.15) is 0 Å². The molecule has 1 aliphatic rings. The molecule has 2 aromatic rings. The van der Waals surface area contributed by atoms with Crippen molar-refractivity contribution in [2.24, 2.45) is 11.7 Å². The van der Waals surface area contributed by atoms with E-state index in [9.17, 15) is 0 Å². The van der Waals surface area contributed by atoms with Crippen molar-refractivity contribution in [3.05, 3.63) is 24.3 Å². The molecule has 0 unspecified atom stereocenters. The molecule has 3 rings (SSSR count). The van der Waals surface area contributed by atoms with Crippen LogP contribution in [0.3, 0.4) is 0 Å². The predicted molar refractivity (Wildman–Crippen MR) is 91.9 cm³/mol. The van der Waals surface area contributed by atoms with Crippen molar-refractivity contribution < 1.29 is 4.74 Å². The number of nitrogens with two attached hydrogens (primary N) is 1. The van der Waals surface area contributed by atoms with Crippen LogP contribution in [0, 0.1) is 5.92 Å². The van der Waals surface area contributed by atoms with E-state index in [4.69, 9.17) is 15.5 Å². The second kappa shape index (κ2) is 7.61. The molecule has 1 aliphatic heterocycles. The van der Waals surface area contributed by atoms with Gasteiger partial charge in [-0.25, -0.2) is 9.97 Å². The van der Waals surface area contributed by atoms with Crippen molar-refractivity contribution in [3.63, 3.8) is 0 Å². The van der Waals surface area contributed by atoms with Crippen molar-refractivity contribution in [3.8, 4) is 5.88 Å². The lowest BCUT2D eigenvalue weighted by Crippen LogP contribution is -2.36. The van der Waals surface area contributed by atoms with Crippen LogP contribution >= 0.6 is 12.4 Å². The summed E-state index contributed by atoms with van der Waals surface area (Å²) >= 11 is 0. The molecule has 1 aromatic heterocycles. The van der Waals surface area contributed by atoms with E-state index in [1.165, 1.54) is 0 Å². The van der Waals surface area contributed by atoms with Crippen molar-refractivity contribution in [2.45, 2.75) is 19.8 Å². The number of anilines is 1. The number of halogens is 1. The first-order valence-corrected chi connectivity index (χ1v) is 7.66. The van der Waals surface area contributed by atoms with E-state index >= 15 is 0 Å². The third-order valence-electron chi connectivity index (χ3n) is 4.05. The maximum atomic E-state index is 5.77. The zero-order chi connectivity index (χ0) is 14.7. The summed E-state index contributed by atoms with van der Waals surface area (Å²) in [7, 11) is 0. The number of nitrogens with zero attached hydrogens (tertiary/aromatic N) is 3. The van der Waals surface area contributed by atoms with Crippen LogP contribution in [-0.4, -0.2) is 36.2 Å². The first-order valence-electron chi connectivity index (χ1n) is 7.66. The van der Waals surface area contributed by atoms with E-state index in [0.29, 0.717) is 18.4 Å². The molecule has 2 N–H and O–H groups in total. The fraction of sp³-hybridized carbons (Fsp3) is 0.500. The Kier molecular flexibility index (Phi) is 5.80. The maximum Gasteiger partial charge on any atom is 0.258 e. The Labute approximate surface area is 137 Å². The minimum Gasteiger partial charge on any atom is -0.475 e. The van der Waals surface area contributed by atoms with Crippen LogP contribution in [0.5, 0.6) is 5.88 Å². The number of rotatable bonds is 4. The van der Waals surface area contributed by atoms with Crippen molar-refractivity contribution in [1.29, 1.82) is 0 Å². The Bertz CT molecular complexity index is 614. The second-order valence-electron chi connectivity index (χ2n) is 5.44. The maximum absolute atomic E-state index is 5.77. The molecular weight excluding hydrogens is 300 g/mol. The molecule has 6 heteroatoms. The molecular formula is C16H23ClN4O. The Morgan fingerprint density at radius 2 is 1.82 bits per heavy atom. The SMILES string of the molecule is CCOc1nc2ccccc2nc1N1CCC(CN)CC1.Cl. The summed E-state index contributed by atoms with van der Waals surface area (Å²) in [6.07, 6.45) is 2.22. The van der Waals surface area contributed by atoms with Crippen LogP contribution in [0.1, 0.15) is 19.8 Å². The molecule has 0 atom stereocenters. The van der Waals surface area contributed by atoms with E-state index in [1.54, 1.807) is 0 Å². The minimum absolute atomic E-state index is 0. The summed E-state index contributed by atoms with van der Waals surface area (Å²) in [6, 6.07) is 7.92. The monoisotopic (exact) mass is 322 g/mol. The highest BCUT2D eigenvalue weighted by molar-refractivity contribution is 5.85. The molecule has 22 heavy (non-hydrogen) atoms. The van der Waals surface area contributed by atoms with Gasteiger partial charge in [0.2, 0.25) is 0 Å². The molecule has 0 bridgehead atoms. The van der Waals surface area contributed by atoms with Crippen LogP contribution < -0.4 is 15.4 Å². The van der Waals surface area contributed by atoms with Gasteiger partial charge in [0.05, 0.1) is 17.6 Å². The van der Waals surface area contributed by atoms with E-state index in [0.717, 1.165) is 49.3 Å². The number of hydrogen-bond acceptors (Lipinski definition) is 5. The fourth-order valence-electron chi connectivity index (χ4n) is 2.79. The molecule has 1 aromatic carbocycles. The van der Waals surface area contributed by atoms with Gasteiger partial charge in [-0.15, -0.1) is 12.4 Å². The molecule has 0 amide bonds. The first-order chi connectivity index (χ1) is 10.3. The van der Waals surface area contributed by atoms with Crippen LogP contribution in [-0.2, 0) is 0 Å². The van der Waals surface area contributed by atoms with E-state index in [2.05, 4.69) is 9.88 Å².